The molecule has 2 aromatic rings. The molecule has 0 unspecified atom stereocenters. The Morgan fingerprint density at radius 2 is 1.59 bits per heavy atom. The average molecular weight is 242 g/mol. The van der Waals surface area contributed by atoms with Crippen molar-refractivity contribution in [3.63, 3.8) is 0 Å². The molecule has 0 bridgehead atoms. The number of hydrogen-bond donors (Lipinski definition) is 0. The summed E-state index contributed by atoms with van der Waals surface area (Å²) in [6.45, 7) is 0. The van der Waals surface area contributed by atoms with Crippen molar-refractivity contribution < 1.29 is 0 Å². The van der Waals surface area contributed by atoms with Gasteiger partial charge in [-0.1, -0.05) is 48.0 Å². The van der Waals surface area contributed by atoms with Gasteiger partial charge in [0.2, 0.25) is 0 Å². The lowest BCUT2D eigenvalue weighted by atomic mass is 10.2. The van der Waals surface area contributed by atoms with Crippen LogP contribution in [0, 0.1) is 0 Å². The molecule has 0 fully saturated rings. The fourth-order valence-electron chi connectivity index (χ4n) is 1.37. The first-order valence-electron chi connectivity index (χ1n) is 5.36. The van der Waals surface area contributed by atoms with E-state index in [0.29, 0.717) is 0 Å². The molecular weight excluding hydrogens is 230 g/mol. The van der Waals surface area contributed by atoms with Crippen LogP contribution in [0.2, 0.25) is 5.02 Å². The first-order chi connectivity index (χ1) is 8.34. The van der Waals surface area contributed by atoms with Gasteiger partial charge in [0.15, 0.2) is 0 Å². The number of allylic oxidation sites excluding steroid dienone is 1. The van der Waals surface area contributed by atoms with Gasteiger partial charge < -0.3 is 0 Å². The molecule has 0 heterocycles. The Balaban J connectivity index is 1.98. The first kappa shape index (κ1) is 11.6. The second-order valence-corrected chi connectivity index (χ2v) is 3.96. The maximum Gasteiger partial charge on any atom is 0.0630 e. The predicted molar refractivity (Wildman–Crippen MR) is 75.1 cm³/mol. The summed E-state index contributed by atoms with van der Waals surface area (Å²) >= 11 is 5.79. The first-order valence-corrected chi connectivity index (χ1v) is 5.74. The highest BCUT2D eigenvalue weighted by molar-refractivity contribution is 6.30. The summed E-state index contributed by atoms with van der Waals surface area (Å²) in [5, 5.41) is 0.726. The molecular formula is C15H12ClN. The van der Waals surface area contributed by atoms with Gasteiger partial charge in [-0.25, -0.2) is 0 Å². The van der Waals surface area contributed by atoms with E-state index >= 15 is 0 Å². The molecule has 2 aromatic carbocycles. The number of nitrogens with zero attached hydrogens (tertiary/aromatic N) is 1. The molecule has 2 heteroatoms. The SMILES string of the molecule is Clc1ccc(N=C/C=C\c2ccccc2)cc1. The molecule has 0 aliphatic carbocycles. The fraction of sp³-hybridized carbons (Fsp3) is 0. The van der Waals surface area contributed by atoms with Crippen molar-refractivity contribution in [3.8, 4) is 0 Å². The highest BCUT2D eigenvalue weighted by Crippen LogP contribution is 2.15. The van der Waals surface area contributed by atoms with Gasteiger partial charge in [0, 0.05) is 11.2 Å². The minimum Gasteiger partial charge on any atom is -0.257 e. The van der Waals surface area contributed by atoms with E-state index in [4.69, 9.17) is 11.6 Å². The monoisotopic (exact) mass is 241 g/mol. The van der Waals surface area contributed by atoms with Gasteiger partial charge in [0.1, 0.15) is 0 Å². The number of aliphatic imine (C=N–C) groups is 1. The lowest BCUT2D eigenvalue weighted by Gasteiger charge is -1.92. The molecule has 0 spiro atoms. The average Bonchev–Trinajstić information content (AvgIpc) is 2.38. The van der Waals surface area contributed by atoms with Gasteiger partial charge in [-0.15, -0.1) is 0 Å². The Labute approximate surface area is 106 Å². The number of halogens is 1. The molecule has 0 radical (unpaired) electrons. The predicted octanol–water partition coefficient (Wildman–Crippen LogP) is 4.76. The number of hydrogen-bond acceptors (Lipinski definition) is 1. The van der Waals surface area contributed by atoms with Crippen molar-refractivity contribution in [1.29, 1.82) is 0 Å². The van der Waals surface area contributed by atoms with E-state index in [-0.39, 0.29) is 0 Å². The normalized spacial score (nSPS) is 11.4. The lowest BCUT2D eigenvalue weighted by molar-refractivity contribution is 1.54. The highest BCUT2D eigenvalue weighted by atomic mass is 35.5. The molecule has 0 saturated heterocycles. The zero-order valence-electron chi connectivity index (χ0n) is 9.25. The zero-order chi connectivity index (χ0) is 11.9. The minimum absolute atomic E-state index is 0.726. The Hall–Kier alpha value is -1.86. The van der Waals surface area contributed by atoms with Gasteiger partial charge in [0.25, 0.3) is 0 Å². The topological polar surface area (TPSA) is 12.4 Å². The molecule has 84 valence electrons. The van der Waals surface area contributed by atoms with E-state index < -0.39 is 0 Å². The molecule has 0 aliphatic rings. The Bertz CT molecular complexity index is 512. The van der Waals surface area contributed by atoms with Crippen LogP contribution >= 0.6 is 11.6 Å². The van der Waals surface area contributed by atoms with Crippen molar-refractivity contribution in [1.82, 2.24) is 0 Å². The maximum atomic E-state index is 5.79. The molecule has 1 nitrogen and oxygen atoms in total. The van der Waals surface area contributed by atoms with Gasteiger partial charge in [-0.2, -0.15) is 0 Å². The third-order valence-electron chi connectivity index (χ3n) is 2.22. The Morgan fingerprint density at radius 3 is 2.29 bits per heavy atom. The van der Waals surface area contributed by atoms with E-state index in [1.54, 1.807) is 6.21 Å². The van der Waals surface area contributed by atoms with Crippen LogP contribution in [0.4, 0.5) is 5.69 Å². The van der Waals surface area contributed by atoms with Gasteiger partial charge in [0.05, 0.1) is 5.69 Å². The summed E-state index contributed by atoms with van der Waals surface area (Å²) in [5.41, 5.74) is 2.06. The van der Waals surface area contributed by atoms with Crippen LogP contribution in [0.25, 0.3) is 6.08 Å². The van der Waals surface area contributed by atoms with Gasteiger partial charge >= 0.3 is 0 Å². The van der Waals surface area contributed by atoms with Crippen molar-refractivity contribution in [2.45, 2.75) is 0 Å². The molecule has 17 heavy (non-hydrogen) atoms. The largest absolute Gasteiger partial charge is 0.257 e. The standard InChI is InChI=1S/C15H12ClN/c16-14-8-10-15(11-9-14)17-12-4-7-13-5-2-1-3-6-13/h1-12H/b7-4-,17-12?. The summed E-state index contributed by atoms with van der Waals surface area (Å²) < 4.78 is 0. The fourth-order valence-corrected chi connectivity index (χ4v) is 1.50. The summed E-state index contributed by atoms with van der Waals surface area (Å²) in [6, 6.07) is 17.5. The van der Waals surface area contributed by atoms with Gasteiger partial charge in [-0.3, -0.25) is 4.99 Å². The Kier molecular flexibility index (Phi) is 4.11. The molecule has 0 atom stereocenters. The third kappa shape index (κ3) is 3.89. The van der Waals surface area contributed by atoms with Crippen LogP contribution in [0.1, 0.15) is 5.56 Å². The molecule has 0 aromatic heterocycles. The number of rotatable bonds is 3. The molecule has 2 rings (SSSR count). The quantitative estimate of drug-likeness (QED) is 0.688. The Morgan fingerprint density at radius 1 is 0.882 bits per heavy atom. The van der Waals surface area contributed by atoms with Crippen molar-refractivity contribution >= 4 is 29.6 Å². The third-order valence-corrected chi connectivity index (χ3v) is 2.48. The van der Waals surface area contributed by atoms with Crippen LogP contribution in [-0.2, 0) is 0 Å². The summed E-state index contributed by atoms with van der Waals surface area (Å²) in [5.74, 6) is 0. The lowest BCUT2D eigenvalue weighted by Crippen LogP contribution is -1.70. The molecule has 0 saturated carbocycles. The number of benzene rings is 2. The van der Waals surface area contributed by atoms with Crippen LogP contribution < -0.4 is 0 Å². The summed E-state index contributed by atoms with van der Waals surface area (Å²) in [6.07, 6.45) is 5.71. The van der Waals surface area contributed by atoms with Crippen molar-refractivity contribution in [2.75, 3.05) is 0 Å². The van der Waals surface area contributed by atoms with E-state index in [1.807, 2.05) is 66.7 Å². The van der Waals surface area contributed by atoms with Crippen molar-refractivity contribution in [3.05, 3.63) is 71.3 Å². The summed E-state index contributed by atoms with van der Waals surface area (Å²) in [7, 11) is 0. The van der Waals surface area contributed by atoms with E-state index in [9.17, 15) is 0 Å². The van der Waals surface area contributed by atoms with Crippen LogP contribution in [0.5, 0.6) is 0 Å². The molecule has 0 aliphatic heterocycles. The smallest absolute Gasteiger partial charge is 0.0630 e. The molecule has 0 amide bonds. The van der Waals surface area contributed by atoms with Crippen LogP contribution in [-0.4, -0.2) is 6.21 Å². The highest BCUT2D eigenvalue weighted by Gasteiger charge is 1.87. The zero-order valence-corrected chi connectivity index (χ0v) is 10.0. The van der Waals surface area contributed by atoms with E-state index in [2.05, 4.69) is 4.99 Å². The summed E-state index contributed by atoms with van der Waals surface area (Å²) in [4.78, 5) is 4.29. The second kappa shape index (κ2) is 6.02. The van der Waals surface area contributed by atoms with E-state index in [0.717, 1.165) is 16.3 Å². The second-order valence-electron chi connectivity index (χ2n) is 3.52. The van der Waals surface area contributed by atoms with Crippen LogP contribution in [0.15, 0.2) is 65.7 Å². The molecule has 0 N–H and O–H groups in total. The van der Waals surface area contributed by atoms with Gasteiger partial charge in [-0.05, 0) is 35.9 Å². The van der Waals surface area contributed by atoms with Crippen LogP contribution in [0.3, 0.4) is 0 Å². The van der Waals surface area contributed by atoms with Crippen molar-refractivity contribution in [2.24, 2.45) is 4.99 Å². The van der Waals surface area contributed by atoms with E-state index in [1.165, 1.54) is 0 Å². The maximum absolute atomic E-state index is 5.79. The minimum atomic E-state index is 0.726.